The van der Waals surface area contributed by atoms with Crippen LogP contribution in [0.1, 0.15) is 5.69 Å². The predicted octanol–water partition coefficient (Wildman–Crippen LogP) is 2.27. The Kier molecular flexibility index (Phi) is 3.20. The molecule has 0 bridgehead atoms. The van der Waals surface area contributed by atoms with E-state index in [0.717, 1.165) is 40.5 Å². The van der Waals surface area contributed by atoms with E-state index in [9.17, 15) is 0 Å². The third-order valence-corrected chi connectivity index (χ3v) is 3.80. The third kappa shape index (κ3) is 2.10. The first kappa shape index (κ1) is 13.2. The molecule has 0 amide bonds. The monoisotopic (exact) mass is 295 g/mol. The fraction of sp³-hybridized carbons (Fsp3) is 0.235. The summed E-state index contributed by atoms with van der Waals surface area (Å²) < 4.78 is 13.4. The van der Waals surface area contributed by atoms with Crippen molar-refractivity contribution in [1.82, 2.24) is 9.38 Å². The van der Waals surface area contributed by atoms with Crippen LogP contribution >= 0.6 is 0 Å². The highest BCUT2D eigenvalue weighted by Crippen LogP contribution is 2.35. The summed E-state index contributed by atoms with van der Waals surface area (Å²) in [6.45, 7) is 1.75. The Hall–Kier alpha value is -2.53. The van der Waals surface area contributed by atoms with Crippen molar-refractivity contribution in [3.63, 3.8) is 0 Å². The van der Waals surface area contributed by atoms with Gasteiger partial charge in [0.2, 0.25) is 0 Å². The zero-order valence-electron chi connectivity index (χ0n) is 12.2. The van der Waals surface area contributed by atoms with Crippen LogP contribution in [0.15, 0.2) is 42.6 Å². The van der Waals surface area contributed by atoms with Crippen LogP contribution < -0.4 is 15.2 Å². The van der Waals surface area contributed by atoms with Crippen LogP contribution in [0.5, 0.6) is 11.5 Å². The Bertz CT molecular complexity index is 826. The Morgan fingerprint density at radius 3 is 2.82 bits per heavy atom. The van der Waals surface area contributed by atoms with Gasteiger partial charge in [0.05, 0.1) is 11.4 Å². The van der Waals surface area contributed by atoms with E-state index >= 15 is 0 Å². The predicted molar refractivity (Wildman–Crippen MR) is 84.4 cm³/mol. The van der Waals surface area contributed by atoms with E-state index < -0.39 is 0 Å². The quantitative estimate of drug-likeness (QED) is 0.805. The maximum Gasteiger partial charge on any atom is 0.162 e. The SMILES string of the molecule is NCCc1nc2ccccn2c1-c1ccc2c(c1)OCCO2. The molecule has 1 aromatic carbocycles. The first-order chi connectivity index (χ1) is 10.9. The van der Waals surface area contributed by atoms with Gasteiger partial charge >= 0.3 is 0 Å². The Labute approximate surface area is 128 Å². The van der Waals surface area contributed by atoms with Crippen LogP contribution in [0, 0.1) is 0 Å². The van der Waals surface area contributed by atoms with Gasteiger partial charge in [0.25, 0.3) is 0 Å². The molecule has 5 nitrogen and oxygen atoms in total. The Morgan fingerprint density at radius 1 is 1.09 bits per heavy atom. The van der Waals surface area contributed by atoms with Gasteiger partial charge in [-0.3, -0.25) is 4.40 Å². The normalized spacial score (nSPS) is 13.5. The molecule has 2 aromatic heterocycles. The van der Waals surface area contributed by atoms with Crippen LogP contribution in [-0.2, 0) is 6.42 Å². The Morgan fingerprint density at radius 2 is 1.95 bits per heavy atom. The maximum atomic E-state index is 5.75. The van der Waals surface area contributed by atoms with Gasteiger partial charge in [-0.2, -0.15) is 0 Å². The van der Waals surface area contributed by atoms with Gasteiger partial charge in [-0.05, 0) is 36.9 Å². The molecule has 1 aliphatic rings. The van der Waals surface area contributed by atoms with E-state index in [0.29, 0.717) is 19.8 Å². The molecule has 0 unspecified atom stereocenters. The first-order valence-corrected chi connectivity index (χ1v) is 7.43. The molecule has 0 radical (unpaired) electrons. The van der Waals surface area contributed by atoms with E-state index in [-0.39, 0.29) is 0 Å². The number of hydrogen-bond acceptors (Lipinski definition) is 4. The van der Waals surface area contributed by atoms with E-state index in [1.807, 2.05) is 42.6 Å². The highest BCUT2D eigenvalue weighted by molar-refractivity contribution is 5.70. The number of rotatable bonds is 3. The zero-order chi connectivity index (χ0) is 14.9. The van der Waals surface area contributed by atoms with Crippen LogP contribution in [-0.4, -0.2) is 29.1 Å². The lowest BCUT2D eigenvalue weighted by atomic mass is 10.1. The fourth-order valence-electron chi connectivity index (χ4n) is 2.85. The van der Waals surface area contributed by atoms with E-state index in [1.165, 1.54) is 0 Å². The minimum absolute atomic E-state index is 0.571. The molecule has 1 aliphatic heterocycles. The number of aromatic nitrogens is 2. The topological polar surface area (TPSA) is 61.8 Å². The average molecular weight is 295 g/mol. The second-order valence-corrected chi connectivity index (χ2v) is 5.23. The van der Waals surface area contributed by atoms with Gasteiger partial charge in [0, 0.05) is 18.2 Å². The summed E-state index contributed by atoms with van der Waals surface area (Å²) in [7, 11) is 0. The molecule has 0 saturated heterocycles. The molecule has 112 valence electrons. The minimum Gasteiger partial charge on any atom is -0.486 e. The number of nitrogens with zero attached hydrogens (tertiary/aromatic N) is 2. The number of imidazole rings is 1. The first-order valence-electron chi connectivity index (χ1n) is 7.43. The third-order valence-electron chi connectivity index (χ3n) is 3.80. The molecule has 2 N–H and O–H groups in total. The van der Waals surface area contributed by atoms with Gasteiger partial charge in [-0.25, -0.2) is 4.98 Å². The van der Waals surface area contributed by atoms with Gasteiger partial charge in [0.15, 0.2) is 11.5 Å². The van der Waals surface area contributed by atoms with Crippen LogP contribution in [0.4, 0.5) is 0 Å². The molecule has 3 aromatic rings. The fourth-order valence-corrected chi connectivity index (χ4v) is 2.85. The van der Waals surface area contributed by atoms with Crippen molar-refractivity contribution in [2.24, 2.45) is 5.73 Å². The summed E-state index contributed by atoms with van der Waals surface area (Å²) in [5, 5.41) is 0. The molecule has 0 aliphatic carbocycles. The van der Waals surface area contributed by atoms with Crippen LogP contribution in [0.3, 0.4) is 0 Å². The molecular weight excluding hydrogens is 278 g/mol. The number of benzene rings is 1. The van der Waals surface area contributed by atoms with Crippen molar-refractivity contribution in [2.75, 3.05) is 19.8 Å². The summed E-state index contributed by atoms with van der Waals surface area (Å²) in [4.78, 5) is 4.70. The lowest BCUT2D eigenvalue weighted by Crippen LogP contribution is -2.15. The lowest BCUT2D eigenvalue weighted by Gasteiger charge is -2.19. The number of pyridine rings is 1. The summed E-state index contributed by atoms with van der Waals surface area (Å²) in [6.07, 6.45) is 2.76. The van der Waals surface area contributed by atoms with Gasteiger partial charge in [0.1, 0.15) is 18.9 Å². The van der Waals surface area contributed by atoms with Crippen LogP contribution in [0.2, 0.25) is 0 Å². The lowest BCUT2D eigenvalue weighted by molar-refractivity contribution is 0.171. The van der Waals surface area contributed by atoms with Crippen molar-refractivity contribution in [1.29, 1.82) is 0 Å². The summed E-state index contributed by atoms with van der Waals surface area (Å²) in [5.41, 5.74) is 9.81. The highest BCUT2D eigenvalue weighted by atomic mass is 16.6. The largest absolute Gasteiger partial charge is 0.486 e. The number of fused-ring (bicyclic) bond motifs is 2. The highest BCUT2D eigenvalue weighted by Gasteiger charge is 2.17. The minimum atomic E-state index is 0.571. The molecule has 22 heavy (non-hydrogen) atoms. The molecule has 4 rings (SSSR count). The van der Waals surface area contributed by atoms with Crippen molar-refractivity contribution in [3.8, 4) is 22.8 Å². The maximum absolute atomic E-state index is 5.75. The van der Waals surface area contributed by atoms with Crippen molar-refractivity contribution in [2.45, 2.75) is 6.42 Å². The summed E-state index contributed by atoms with van der Waals surface area (Å²) in [6, 6.07) is 12.0. The van der Waals surface area contributed by atoms with Gasteiger partial charge in [-0.1, -0.05) is 6.07 Å². The van der Waals surface area contributed by atoms with Crippen molar-refractivity contribution >= 4 is 5.65 Å². The number of nitrogens with two attached hydrogens (primary N) is 1. The second kappa shape index (κ2) is 5.35. The van der Waals surface area contributed by atoms with Gasteiger partial charge < -0.3 is 15.2 Å². The molecule has 0 spiro atoms. The van der Waals surface area contributed by atoms with E-state index in [1.54, 1.807) is 0 Å². The second-order valence-electron chi connectivity index (χ2n) is 5.23. The standard InChI is InChI=1S/C17H17N3O2/c18-7-6-13-17(20-8-2-1-3-16(20)19-13)12-4-5-14-15(11-12)22-10-9-21-14/h1-5,8,11H,6-7,9-10,18H2. The average Bonchev–Trinajstić information content (AvgIpc) is 2.93. The molecule has 5 heteroatoms. The van der Waals surface area contributed by atoms with Gasteiger partial charge in [-0.15, -0.1) is 0 Å². The molecule has 0 atom stereocenters. The molecular formula is C17H17N3O2. The number of hydrogen-bond donors (Lipinski definition) is 1. The molecule has 0 fully saturated rings. The molecule has 0 saturated carbocycles. The van der Waals surface area contributed by atoms with E-state index in [2.05, 4.69) is 4.40 Å². The number of ether oxygens (including phenoxy) is 2. The van der Waals surface area contributed by atoms with Crippen LogP contribution in [0.25, 0.3) is 16.9 Å². The summed E-state index contributed by atoms with van der Waals surface area (Å²) >= 11 is 0. The van der Waals surface area contributed by atoms with E-state index in [4.69, 9.17) is 20.2 Å². The summed E-state index contributed by atoms with van der Waals surface area (Å²) in [5.74, 6) is 1.58. The van der Waals surface area contributed by atoms with Crippen molar-refractivity contribution in [3.05, 3.63) is 48.3 Å². The smallest absolute Gasteiger partial charge is 0.162 e. The zero-order valence-corrected chi connectivity index (χ0v) is 12.2. The van der Waals surface area contributed by atoms with Crippen molar-refractivity contribution < 1.29 is 9.47 Å². The Balaban J connectivity index is 1.90. The molecule has 3 heterocycles.